The Morgan fingerprint density at radius 3 is 2.62 bits per heavy atom. The zero-order valence-corrected chi connectivity index (χ0v) is 7.67. The Morgan fingerprint density at radius 1 is 1.31 bits per heavy atom. The molecule has 0 saturated heterocycles. The van der Waals surface area contributed by atoms with Gasteiger partial charge < -0.3 is 16.8 Å². The van der Waals surface area contributed by atoms with Crippen molar-refractivity contribution in [2.24, 2.45) is 0 Å². The largest absolute Gasteiger partial charge is 0.382 e. The van der Waals surface area contributed by atoms with E-state index in [0.29, 0.717) is 16.9 Å². The Labute approximate surface area is 80.5 Å². The molecule has 0 spiro atoms. The van der Waals surface area contributed by atoms with Crippen LogP contribution in [0.5, 0.6) is 0 Å². The van der Waals surface area contributed by atoms with Crippen LogP contribution in [0.4, 0.5) is 17.6 Å². The highest BCUT2D eigenvalue weighted by Gasteiger charge is 2.23. The van der Waals surface area contributed by atoms with Gasteiger partial charge in [-0.05, 0) is 12.8 Å². The maximum atomic E-state index is 5.87. The molecule has 0 atom stereocenters. The molecule has 6 heteroatoms. The zero-order chi connectivity index (χ0) is 9.42. The molecule has 1 aromatic heterocycles. The molecule has 0 aromatic carbocycles. The monoisotopic (exact) mass is 199 g/mol. The number of hydrogen-bond donors (Lipinski definition) is 3. The first kappa shape index (κ1) is 8.37. The summed E-state index contributed by atoms with van der Waals surface area (Å²) < 4.78 is 0. The number of aromatic nitrogens is 2. The van der Waals surface area contributed by atoms with Gasteiger partial charge in [0.1, 0.15) is 10.8 Å². The van der Waals surface area contributed by atoms with E-state index in [1.54, 1.807) is 0 Å². The molecule has 1 aliphatic carbocycles. The van der Waals surface area contributed by atoms with E-state index < -0.39 is 0 Å². The Kier molecular flexibility index (Phi) is 1.88. The van der Waals surface area contributed by atoms with Crippen molar-refractivity contribution < 1.29 is 0 Å². The summed E-state index contributed by atoms with van der Waals surface area (Å²) in [6.07, 6.45) is 2.28. The zero-order valence-electron chi connectivity index (χ0n) is 6.92. The van der Waals surface area contributed by atoms with Crippen LogP contribution in [-0.2, 0) is 0 Å². The van der Waals surface area contributed by atoms with E-state index in [1.165, 1.54) is 0 Å². The molecule has 13 heavy (non-hydrogen) atoms. The lowest BCUT2D eigenvalue weighted by molar-refractivity contribution is 1.09. The van der Waals surface area contributed by atoms with Crippen LogP contribution in [0.15, 0.2) is 0 Å². The molecule has 1 aliphatic rings. The molecule has 0 bridgehead atoms. The van der Waals surface area contributed by atoms with Crippen LogP contribution in [0, 0.1) is 0 Å². The number of anilines is 3. The van der Waals surface area contributed by atoms with Crippen molar-refractivity contribution in [1.29, 1.82) is 0 Å². The van der Waals surface area contributed by atoms with Crippen molar-refractivity contribution in [2.45, 2.75) is 18.9 Å². The van der Waals surface area contributed by atoms with Crippen LogP contribution in [0.3, 0.4) is 0 Å². The third-order valence-electron chi connectivity index (χ3n) is 1.81. The van der Waals surface area contributed by atoms with Gasteiger partial charge in [-0.3, -0.25) is 0 Å². The van der Waals surface area contributed by atoms with Gasteiger partial charge in [0.05, 0.1) is 0 Å². The van der Waals surface area contributed by atoms with E-state index in [-0.39, 0.29) is 11.8 Å². The molecule has 1 saturated carbocycles. The fraction of sp³-hybridized carbons (Fsp3) is 0.429. The van der Waals surface area contributed by atoms with Gasteiger partial charge >= 0.3 is 0 Å². The molecule has 0 aliphatic heterocycles. The molecule has 2 rings (SSSR count). The highest BCUT2D eigenvalue weighted by molar-refractivity contribution is 6.35. The minimum absolute atomic E-state index is 0.144. The summed E-state index contributed by atoms with van der Waals surface area (Å²) in [6, 6.07) is 0.464. The lowest BCUT2D eigenvalue weighted by atomic mass is 10.5. The third-order valence-corrected chi connectivity index (χ3v) is 2.18. The Hall–Kier alpha value is -1.23. The predicted molar refractivity (Wildman–Crippen MR) is 52.5 cm³/mol. The van der Waals surface area contributed by atoms with E-state index in [2.05, 4.69) is 15.3 Å². The quantitative estimate of drug-likeness (QED) is 0.658. The second kappa shape index (κ2) is 2.92. The van der Waals surface area contributed by atoms with Crippen LogP contribution in [0.2, 0.25) is 5.02 Å². The van der Waals surface area contributed by atoms with E-state index in [9.17, 15) is 0 Å². The molecular weight excluding hydrogens is 190 g/mol. The molecule has 1 heterocycles. The summed E-state index contributed by atoms with van der Waals surface area (Å²) in [5.41, 5.74) is 10.9. The van der Waals surface area contributed by atoms with Crippen molar-refractivity contribution in [2.75, 3.05) is 16.8 Å². The van der Waals surface area contributed by atoms with Gasteiger partial charge in [-0.1, -0.05) is 11.6 Å². The number of halogens is 1. The molecule has 5 nitrogen and oxygen atoms in total. The molecule has 1 aromatic rings. The Morgan fingerprint density at radius 2 is 2.00 bits per heavy atom. The summed E-state index contributed by atoms with van der Waals surface area (Å²) >= 11 is 5.87. The minimum atomic E-state index is 0.144. The highest BCUT2D eigenvalue weighted by atomic mass is 35.5. The summed E-state index contributed by atoms with van der Waals surface area (Å²) in [7, 11) is 0. The molecule has 0 unspecified atom stereocenters. The molecule has 1 fully saturated rings. The van der Waals surface area contributed by atoms with Gasteiger partial charge in [0.2, 0.25) is 5.95 Å². The number of nitrogens with one attached hydrogen (secondary N) is 1. The average Bonchev–Trinajstić information content (AvgIpc) is 2.83. The fourth-order valence-electron chi connectivity index (χ4n) is 0.999. The van der Waals surface area contributed by atoms with Crippen LogP contribution in [-0.4, -0.2) is 16.0 Å². The first-order valence-electron chi connectivity index (χ1n) is 4.02. The Bertz CT molecular complexity index is 336. The average molecular weight is 200 g/mol. The number of rotatable bonds is 2. The van der Waals surface area contributed by atoms with Gasteiger partial charge in [0, 0.05) is 6.04 Å². The lowest BCUT2D eigenvalue weighted by Crippen LogP contribution is -2.08. The normalized spacial score (nSPS) is 15.8. The summed E-state index contributed by atoms with van der Waals surface area (Å²) in [6.45, 7) is 0. The molecule has 70 valence electrons. The van der Waals surface area contributed by atoms with Crippen LogP contribution in [0.1, 0.15) is 12.8 Å². The molecule has 5 N–H and O–H groups in total. The highest BCUT2D eigenvalue weighted by Crippen LogP contribution is 2.30. The van der Waals surface area contributed by atoms with Crippen LogP contribution >= 0.6 is 11.6 Å². The smallest absolute Gasteiger partial charge is 0.224 e. The van der Waals surface area contributed by atoms with Gasteiger partial charge in [0.15, 0.2) is 5.82 Å². The second-order valence-corrected chi connectivity index (χ2v) is 3.43. The first-order valence-corrected chi connectivity index (χ1v) is 4.39. The van der Waals surface area contributed by atoms with Crippen LogP contribution in [0.25, 0.3) is 0 Å². The van der Waals surface area contributed by atoms with Gasteiger partial charge in [-0.15, -0.1) is 0 Å². The van der Waals surface area contributed by atoms with E-state index in [4.69, 9.17) is 23.1 Å². The Balaban J connectivity index is 2.30. The second-order valence-electron chi connectivity index (χ2n) is 3.05. The predicted octanol–water partition coefficient (Wildman–Crippen LogP) is 0.869. The number of hydrogen-bond acceptors (Lipinski definition) is 5. The number of nitrogens with two attached hydrogens (primary N) is 2. The van der Waals surface area contributed by atoms with E-state index >= 15 is 0 Å². The van der Waals surface area contributed by atoms with Crippen LogP contribution < -0.4 is 16.8 Å². The van der Waals surface area contributed by atoms with E-state index in [1.807, 2.05) is 0 Å². The van der Waals surface area contributed by atoms with Crippen molar-refractivity contribution in [3.05, 3.63) is 5.02 Å². The van der Waals surface area contributed by atoms with Gasteiger partial charge in [-0.2, -0.15) is 9.97 Å². The maximum absolute atomic E-state index is 5.87. The van der Waals surface area contributed by atoms with Crippen molar-refractivity contribution in [1.82, 2.24) is 9.97 Å². The maximum Gasteiger partial charge on any atom is 0.224 e. The lowest BCUT2D eigenvalue weighted by Gasteiger charge is -2.07. The molecule has 0 radical (unpaired) electrons. The van der Waals surface area contributed by atoms with E-state index in [0.717, 1.165) is 12.8 Å². The number of nitrogen functional groups attached to an aromatic ring is 2. The van der Waals surface area contributed by atoms with Crippen molar-refractivity contribution in [3.8, 4) is 0 Å². The van der Waals surface area contributed by atoms with Crippen molar-refractivity contribution >= 4 is 29.2 Å². The standard InChI is InChI=1S/C7H10ClN5/c8-4-5(9)12-7(10)13-6(4)11-3-1-2-3/h3H,1-2H2,(H5,9,10,11,12,13). The third kappa shape index (κ3) is 1.75. The fourth-order valence-corrected chi connectivity index (χ4v) is 1.14. The van der Waals surface area contributed by atoms with Gasteiger partial charge in [0.25, 0.3) is 0 Å². The van der Waals surface area contributed by atoms with Gasteiger partial charge in [-0.25, -0.2) is 0 Å². The summed E-state index contributed by atoms with van der Waals surface area (Å²) in [5.74, 6) is 0.900. The van der Waals surface area contributed by atoms with Crippen molar-refractivity contribution in [3.63, 3.8) is 0 Å². The number of nitrogens with zero attached hydrogens (tertiary/aromatic N) is 2. The first-order chi connectivity index (χ1) is 6.16. The summed E-state index contributed by atoms with van der Waals surface area (Å²) in [5, 5.41) is 3.47. The summed E-state index contributed by atoms with van der Waals surface area (Å²) in [4.78, 5) is 7.69. The molecular formula is C7H10ClN5. The molecule has 0 amide bonds. The topological polar surface area (TPSA) is 89.8 Å². The minimum Gasteiger partial charge on any atom is -0.382 e. The SMILES string of the molecule is Nc1nc(N)c(Cl)c(NC2CC2)n1.